The lowest BCUT2D eigenvalue weighted by Crippen LogP contribution is -1.91. The van der Waals surface area contributed by atoms with Gasteiger partial charge in [0, 0.05) is 29.3 Å². The minimum atomic E-state index is 1.02. The SMILES string of the molecule is Cc1ccc(-c2cccc(-c3c4ccccc4c(-c4ccc(-c5ccnc(C)c5)cc4)c4ccccc34)c2)cn1. The van der Waals surface area contributed by atoms with Gasteiger partial charge in [0.2, 0.25) is 0 Å². The van der Waals surface area contributed by atoms with Crippen LogP contribution in [0.5, 0.6) is 0 Å². The number of hydrogen-bond acceptors (Lipinski definition) is 2. The number of nitrogens with zero attached hydrogens (tertiary/aromatic N) is 2. The predicted molar refractivity (Wildman–Crippen MR) is 168 cm³/mol. The topological polar surface area (TPSA) is 25.8 Å². The van der Waals surface area contributed by atoms with Crippen LogP contribution in [0.1, 0.15) is 11.4 Å². The number of hydrogen-bond donors (Lipinski definition) is 0. The summed E-state index contributed by atoms with van der Waals surface area (Å²) >= 11 is 0. The fraction of sp³-hybridized carbons (Fsp3) is 0.0526. The Morgan fingerprint density at radius 2 is 0.925 bits per heavy atom. The van der Waals surface area contributed by atoms with E-state index in [1.54, 1.807) is 0 Å². The fourth-order valence-corrected chi connectivity index (χ4v) is 5.80. The third-order valence-electron chi connectivity index (χ3n) is 7.73. The molecule has 0 unspecified atom stereocenters. The molecule has 2 heteroatoms. The second-order valence-corrected chi connectivity index (χ2v) is 10.4. The molecular formula is C38H28N2. The maximum Gasteiger partial charge on any atom is 0.0378 e. The van der Waals surface area contributed by atoms with Gasteiger partial charge in [-0.25, -0.2) is 0 Å². The van der Waals surface area contributed by atoms with E-state index in [0.717, 1.165) is 17.0 Å². The Morgan fingerprint density at radius 3 is 1.52 bits per heavy atom. The first-order chi connectivity index (χ1) is 19.7. The summed E-state index contributed by atoms with van der Waals surface area (Å²) in [5.74, 6) is 0. The minimum Gasteiger partial charge on any atom is -0.262 e. The van der Waals surface area contributed by atoms with E-state index < -0.39 is 0 Å². The molecule has 2 nitrogen and oxygen atoms in total. The maximum atomic E-state index is 4.53. The van der Waals surface area contributed by atoms with Crippen LogP contribution in [0, 0.1) is 13.8 Å². The van der Waals surface area contributed by atoms with Crippen LogP contribution in [-0.2, 0) is 0 Å². The van der Waals surface area contributed by atoms with E-state index in [1.165, 1.54) is 60.5 Å². The summed E-state index contributed by atoms with van der Waals surface area (Å²) in [6, 6.07) is 43.8. The number of pyridine rings is 2. The van der Waals surface area contributed by atoms with Crippen LogP contribution >= 0.6 is 0 Å². The molecule has 2 aromatic heterocycles. The van der Waals surface area contributed by atoms with Crippen molar-refractivity contribution in [2.45, 2.75) is 13.8 Å². The molecule has 0 aliphatic rings. The van der Waals surface area contributed by atoms with E-state index in [4.69, 9.17) is 0 Å². The average molecular weight is 513 g/mol. The number of rotatable bonds is 4. The van der Waals surface area contributed by atoms with Gasteiger partial charge in [0.05, 0.1) is 0 Å². The molecule has 0 aliphatic carbocycles. The van der Waals surface area contributed by atoms with Crippen LogP contribution in [0.4, 0.5) is 0 Å². The number of aromatic nitrogens is 2. The molecule has 0 radical (unpaired) electrons. The summed E-state index contributed by atoms with van der Waals surface area (Å²) in [6.07, 6.45) is 3.84. The van der Waals surface area contributed by atoms with E-state index in [-0.39, 0.29) is 0 Å². The normalized spacial score (nSPS) is 11.2. The van der Waals surface area contributed by atoms with Crippen molar-refractivity contribution < 1.29 is 0 Å². The van der Waals surface area contributed by atoms with Gasteiger partial charge in [0.15, 0.2) is 0 Å². The summed E-state index contributed by atoms with van der Waals surface area (Å²) in [5, 5.41) is 5.02. The van der Waals surface area contributed by atoms with Crippen LogP contribution in [-0.4, -0.2) is 9.97 Å². The molecule has 0 fully saturated rings. The monoisotopic (exact) mass is 512 g/mol. The van der Waals surface area contributed by atoms with Gasteiger partial charge in [-0.3, -0.25) is 9.97 Å². The van der Waals surface area contributed by atoms with E-state index in [9.17, 15) is 0 Å². The quantitative estimate of drug-likeness (QED) is 0.219. The zero-order valence-electron chi connectivity index (χ0n) is 22.6. The molecule has 0 saturated heterocycles. The predicted octanol–water partition coefficient (Wildman–Crippen LogP) is 10.1. The highest BCUT2D eigenvalue weighted by Crippen LogP contribution is 2.44. The maximum absolute atomic E-state index is 4.53. The lowest BCUT2D eigenvalue weighted by atomic mass is 9.85. The Morgan fingerprint density at radius 1 is 0.375 bits per heavy atom. The Kier molecular flexibility index (Phi) is 5.94. The Bertz CT molecular complexity index is 1950. The third-order valence-corrected chi connectivity index (χ3v) is 7.73. The first-order valence-electron chi connectivity index (χ1n) is 13.7. The zero-order chi connectivity index (χ0) is 27.1. The van der Waals surface area contributed by atoms with Crippen molar-refractivity contribution in [3.8, 4) is 44.5 Å². The highest BCUT2D eigenvalue weighted by molar-refractivity contribution is 6.21. The first kappa shape index (κ1) is 24.0. The van der Waals surface area contributed by atoms with Crippen molar-refractivity contribution in [3.05, 3.63) is 145 Å². The highest BCUT2D eigenvalue weighted by Gasteiger charge is 2.17. The number of fused-ring (bicyclic) bond motifs is 2. The van der Waals surface area contributed by atoms with Gasteiger partial charge in [0.25, 0.3) is 0 Å². The van der Waals surface area contributed by atoms with Crippen molar-refractivity contribution in [3.63, 3.8) is 0 Å². The van der Waals surface area contributed by atoms with Crippen molar-refractivity contribution in [1.29, 1.82) is 0 Å². The summed E-state index contributed by atoms with van der Waals surface area (Å²) in [4.78, 5) is 8.88. The molecule has 0 bridgehead atoms. The largest absolute Gasteiger partial charge is 0.262 e. The summed E-state index contributed by atoms with van der Waals surface area (Å²) in [6.45, 7) is 4.05. The van der Waals surface area contributed by atoms with Crippen molar-refractivity contribution in [2.24, 2.45) is 0 Å². The third kappa shape index (κ3) is 4.24. The summed E-state index contributed by atoms with van der Waals surface area (Å²) in [7, 11) is 0. The second kappa shape index (κ2) is 9.91. The minimum absolute atomic E-state index is 1.02. The lowest BCUT2D eigenvalue weighted by molar-refractivity contribution is 1.20. The first-order valence-corrected chi connectivity index (χ1v) is 13.7. The van der Waals surface area contributed by atoms with Gasteiger partial charge in [-0.2, -0.15) is 0 Å². The average Bonchev–Trinajstić information content (AvgIpc) is 3.00. The molecule has 0 saturated carbocycles. The summed E-state index contributed by atoms with van der Waals surface area (Å²) in [5.41, 5.74) is 11.7. The smallest absolute Gasteiger partial charge is 0.0378 e. The molecule has 0 N–H and O–H groups in total. The molecule has 7 aromatic rings. The number of benzene rings is 5. The number of aryl methyl sites for hydroxylation is 2. The Balaban J connectivity index is 1.44. The van der Waals surface area contributed by atoms with E-state index >= 15 is 0 Å². The fourth-order valence-electron chi connectivity index (χ4n) is 5.80. The van der Waals surface area contributed by atoms with Gasteiger partial charge in [-0.1, -0.05) is 97.1 Å². The molecule has 0 aliphatic heterocycles. The Labute approximate surface area is 234 Å². The summed E-state index contributed by atoms with van der Waals surface area (Å²) < 4.78 is 0. The molecule has 190 valence electrons. The van der Waals surface area contributed by atoms with Gasteiger partial charge in [0.1, 0.15) is 0 Å². The van der Waals surface area contributed by atoms with E-state index in [2.05, 4.69) is 131 Å². The van der Waals surface area contributed by atoms with Gasteiger partial charge >= 0.3 is 0 Å². The van der Waals surface area contributed by atoms with Crippen molar-refractivity contribution >= 4 is 21.5 Å². The second-order valence-electron chi connectivity index (χ2n) is 10.4. The van der Waals surface area contributed by atoms with Gasteiger partial charge in [-0.15, -0.1) is 0 Å². The van der Waals surface area contributed by atoms with E-state index in [0.29, 0.717) is 0 Å². The van der Waals surface area contributed by atoms with Gasteiger partial charge in [-0.05, 0) is 98.6 Å². The van der Waals surface area contributed by atoms with Gasteiger partial charge < -0.3 is 0 Å². The van der Waals surface area contributed by atoms with E-state index in [1.807, 2.05) is 26.2 Å². The Hall–Kier alpha value is -5.08. The molecule has 0 amide bonds. The van der Waals surface area contributed by atoms with Crippen LogP contribution in [0.3, 0.4) is 0 Å². The molecule has 5 aromatic carbocycles. The molecule has 7 rings (SSSR count). The van der Waals surface area contributed by atoms with Crippen LogP contribution in [0.25, 0.3) is 66.1 Å². The lowest BCUT2D eigenvalue weighted by Gasteiger charge is -2.18. The van der Waals surface area contributed by atoms with Crippen LogP contribution in [0.2, 0.25) is 0 Å². The van der Waals surface area contributed by atoms with Crippen molar-refractivity contribution in [2.75, 3.05) is 0 Å². The molecule has 40 heavy (non-hydrogen) atoms. The van der Waals surface area contributed by atoms with Crippen LogP contribution in [0.15, 0.2) is 134 Å². The van der Waals surface area contributed by atoms with Crippen LogP contribution < -0.4 is 0 Å². The standard InChI is InChI=1S/C38H28N2/c1-25-14-15-32(24-40-25)29-8-7-9-31(23-29)38-35-12-5-3-10-33(35)37(34-11-4-6-13-36(34)38)28-18-16-27(17-19-28)30-20-21-39-26(2)22-30/h3-24H,1-2H3. The zero-order valence-corrected chi connectivity index (χ0v) is 22.6. The molecule has 0 atom stereocenters. The van der Waals surface area contributed by atoms with Crippen molar-refractivity contribution in [1.82, 2.24) is 9.97 Å². The molecular weight excluding hydrogens is 484 g/mol. The highest BCUT2D eigenvalue weighted by atomic mass is 14.7. The molecule has 2 heterocycles. The molecule has 0 spiro atoms.